The summed E-state index contributed by atoms with van der Waals surface area (Å²) in [5.41, 5.74) is -1.78. The summed E-state index contributed by atoms with van der Waals surface area (Å²) in [5, 5.41) is 15.6. The van der Waals surface area contributed by atoms with Crippen molar-refractivity contribution in [3.63, 3.8) is 0 Å². The molecule has 6 nitrogen and oxygen atoms in total. The molecule has 0 bridgehead atoms. The Balaban J connectivity index is 0.00000150. The summed E-state index contributed by atoms with van der Waals surface area (Å²) in [4.78, 5) is 12.7. The Bertz CT molecular complexity index is 1210. The Morgan fingerprint density at radius 3 is 2.40 bits per heavy atom. The largest absolute Gasteiger partial charge is 1.00 e. The summed E-state index contributed by atoms with van der Waals surface area (Å²) in [6.45, 7) is 0. The Labute approximate surface area is 212 Å². The van der Waals surface area contributed by atoms with Gasteiger partial charge in [-0.1, -0.05) is 18.2 Å². The van der Waals surface area contributed by atoms with E-state index in [1.165, 1.54) is 23.0 Å². The monoisotopic (exact) mass is 433 g/mol. The number of aromatic nitrogens is 2. The molecule has 11 heteroatoms. The second-order valence-corrected chi connectivity index (χ2v) is 5.69. The number of para-hydroxylation sites is 1. The van der Waals surface area contributed by atoms with Gasteiger partial charge in [-0.2, -0.15) is 42.2 Å². The fourth-order valence-electron chi connectivity index (χ4n) is 2.77. The third-order valence-electron chi connectivity index (χ3n) is 3.97. The summed E-state index contributed by atoms with van der Waals surface area (Å²) < 4.78 is 46.8. The van der Waals surface area contributed by atoms with Crippen molar-refractivity contribution in [3.05, 3.63) is 76.9 Å². The van der Waals surface area contributed by atoms with Crippen molar-refractivity contribution in [2.24, 2.45) is 0 Å². The van der Waals surface area contributed by atoms with Gasteiger partial charge in [0.2, 0.25) is 5.76 Å². The normalized spacial score (nSPS) is 10.6. The van der Waals surface area contributed by atoms with Crippen LogP contribution in [0.2, 0.25) is 0 Å². The van der Waals surface area contributed by atoms with Crippen molar-refractivity contribution in [2.45, 2.75) is 6.18 Å². The van der Waals surface area contributed by atoms with Gasteiger partial charge in [-0.05, 0) is 17.5 Å². The van der Waals surface area contributed by atoms with Crippen LogP contribution < -0.4 is 69.6 Å². The summed E-state index contributed by atoms with van der Waals surface area (Å²) in [6, 6.07) is 13.3. The van der Waals surface area contributed by atoms with Crippen molar-refractivity contribution in [2.75, 3.05) is 0 Å². The van der Waals surface area contributed by atoms with Crippen molar-refractivity contribution in [1.29, 1.82) is 0 Å². The molecule has 2 aromatic heterocycles. The average Bonchev–Trinajstić information content (AvgIpc) is 3.12. The van der Waals surface area contributed by atoms with Crippen molar-refractivity contribution in [3.8, 4) is 22.6 Å². The summed E-state index contributed by atoms with van der Waals surface area (Å²) >= 11 is 0. The first-order chi connectivity index (χ1) is 12.9. The molecule has 0 radical (unpaired) electrons. The van der Waals surface area contributed by atoms with Crippen LogP contribution in [0, 0.1) is 6.07 Å². The van der Waals surface area contributed by atoms with Gasteiger partial charge in [0.25, 0.3) is 0 Å². The van der Waals surface area contributed by atoms with Crippen LogP contribution in [-0.4, -0.2) is 15.3 Å². The molecule has 0 aliphatic rings. The molecule has 0 unspecified atom stereocenters. The van der Waals surface area contributed by atoms with Gasteiger partial charge in [0.1, 0.15) is 0 Å². The van der Waals surface area contributed by atoms with E-state index in [1.54, 1.807) is 30.3 Å². The summed E-state index contributed by atoms with van der Waals surface area (Å²) in [5.74, 6) is -2.45. The molecule has 2 heterocycles. The summed E-state index contributed by atoms with van der Waals surface area (Å²) in [7, 11) is 0. The van der Waals surface area contributed by atoms with Gasteiger partial charge in [0, 0.05) is 17.3 Å². The number of fused-ring (bicyclic) bond motifs is 1. The summed E-state index contributed by atoms with van der Waals surface area (Å²) in [6.07, 6.45) is -2.52. The quantitative estimate of drug-likeness (QED) is 0.254. The molecule has 0 aliphatic carbocycles. The van der Waals surface area contributed by atoms with Crippen LogP contribution in [0.3, 0.4) is 0 Å². The minimum absolute atomic E-state index is 0. The van der Waals surface area contributed by atoms with Gasteiger partial charge in [0.05, 0.1) is 17.4 Å². The smallest absolute Gasteiger partial charge is 0.889 e. The molecule has 0 saturated carbocycles. The van der Waals surface area contributed by atoms with Crippen LogP contribution in [0.5, 0.6) is 5.75 Å². The zero-order chi connectivity index (χ0) is 19.2. The molecule has 0 fully saturated rings. The predicted octanol–water partition coefficient (Wildman–Crippen LogP) is -2.63. The van der Waals surface area contributed by atoms with Crippen LogP contribution >= 0.6 is 0 Å². The Morgan fingerprint density at radius 2 is 1.77 bits per heavy atom. The Kier molecular flexibility index (Phi) is 8.94. The first kappa shape index (κ1) is 26.4. The van der Waals surface area contributed by atoms with Gasteiger partial charge in [0.15, 0.2) is 5.43 Å². The predicted molar refractivity (Wildman–Crippen MR) is 90.3 cm³/mol. The van der Waals surface area contributed by atoms with Crippen molar-refractivity contribution >= 4 is 11.0 Å². The van der Waals surface area contributed by atoms with Crippen LogP contribution in [0.4, 0.5) is 13.2 Å². The van der Waals surface area contributed by atoms with E-state index in [2.05, 4.69) is 11.2 Å². The second-order valence-electron chi connectivity index (χ2n) is 5.69. The number of benzene rings is 2. The van der Waals surface area contributed by atoms with E-state index in [4.69, 9.17) is 4.42 Å². The van der Waals surface area contributed by atoms with E-state index in [0.29, 0.717) is 5.69 Å². The third-order valence-corrected chi connectivity index (χ3v) is 3.97. The molecular formula is C19H10F3N2Na2O4-. The zero-order valence-electron chi connectivity index (χ0n) is 15.9. The third kappa shape index (κ3) is 4.83. The van der Waals surface area contributed by atoms with Crippen LogP contribution in [0.1, 0.15) is 5.76 Å². The maximum atomic E-state index is 13.5. The van der Waals surface area contributed by atoms with Crippen LogP contribution in [-0.2, 0) is 6.18 Å². The van der Waals surface area contributed by atoms with Gasteiger partial charge < -0.3 is 15.0 Å². The molecule has 2 aromatic carbocycles. The van der Waals surface area contributed by atoms with E-state index < -0.39 is 34.3 Å². The first-order valence-electron chi connectivity index (χ1n) is 7.72. The van der Waals surface area contributed by atoms with E-state index in [0.717, 1.165) is 6.20 Å². The van der Waals surface area contributed by atoms with E-state index in [-0.39, 0.29) is 75.5 Å². The molecule has 144 valence electrons. The van der Waals surface area contributed by atoms with Crippen LogP contribution in [0.15, 0.2) is 64.1 Å². The number of nitrogens with zero attached hydrogens (tertiary/aromatic N) is 2. The first-order valence-corrected chi connectivity index (χ1v) is 7.72. The number of hydrogen-bond donors (Lipinski definition) is 0. The van der Waals surface area contributed by atoms with Gasteiger partial charge in [-0.3, -0.25) is 4.79 Å². The van der Waals surface area contributed by atoms with E-state index in [9.17, 15) is 23.1 Å². The van der Waals surface area contributed by atoms with Gasteiger partial charge in [-0.15, -0.1) is 0 Å². The van der Waals surface area contributed by atoms with Gasteiger partial charge >= 0.3 is 65.3 Å². The molecular weight excluding hydrogens is 423 g/mol. The standard InChI is InChI=1S/C19H10F3N2O3.2Na.H2O/c20-19(21,22)18-15(16(26)13-7-4-8-14(25)17(13)27-18)11-9-23-24(10-11)12-5-2-1-3-6-12;;;/h1-7,9-10,25H;;;1H2/q-1;2*+1;/p-2. The molecule has 0 aliphatic heterocycles. The minimum atomic E-state index is -4.97. The van der Waals surface area contributed by atoms with Gasteiger partial charge in [-0.25, -0.2) is 4.68 Å². The molecule has 30 heavy (non-hydrogen) atoms. The fourth-order valence-corrected chi connectivity index (χ4v) is 2.77. The molecule has 1 N–H and O–H groups in total. The SMILES string of the molecule is O=c1c(-c2cnn(-c3ccccc3)c2)c(C(F)(F)F)oc2c([O-])[c-]ccc12.[Na+].[Na+].[OH-]. The van der Waals surface area contributed by atoms with E-state index >= 15 is 0 Å². The average molecular weight is 433 g/mol. The molecule has 4 aromatic rings. The number of rotatable bonds is 2. The number of halogens is 3. The fraction of sp³-hybridized carbons (Fsp3) is 0.0526. The molecule has 0 spiro atoms. The molecule has 0 amide bonds. The maximum Gasteiger partial charge on any atom is 1.00 e. The van der Waals surface area contributed by atoms with Crippen molar-refractivity contribution in [1.82, 2.24) is 9.78 Å². The number of hydrogen-bond acceptors (Lipinski definition) is 5. The van der Waals surface area contributed by atoms with Crippen LogP contribution in [0.25, 0.3) is 27.8 Å². The Morgan fingerprint density at radius 1 is 1.10 bits per heavy atom. The maximum absolute atomic E-state index is 13.5. The molecule has 0 saturated heterocycles. The second kappa shape index (κ2) is 10.1. The van der Waals surface area contributed by atoms with Crippen molar-refractivity contribution < 1.29 is 87.3 Å². The molecule has 0 atom stereocenters. The van der Waals surface area contributed by atoms with E-state index in [1.807, 2.05) is 0 Å². The topological polar surface area (TPSA) is 101 Å². The minimum Gasteiger partial charge on any atom is -0.889 e. The molecule has 4 rings (SSSR count). The Hall–Kier alpha value is -1.59. The number of alkyl halides is 3. The zero-order valence-corrected chi connectivity index (χ0v) is 19.9.